The molecule has 4 nitrogen and oxygen atoms in total. The summed E-state index contributed by atoms with van der Waals surface area (Å²) in [7, 11) is 1.25. The molecule has 0 atom stereocenters. The molecule has 94 valence electrons. The minimum Gasteiger partial charge on any atom is -0.352 e. The van der Waals surface area contributed by atoms with E-state index in [2.05, 4.69) is 5.32 Å². The Kier molecular flexibility index (Phi) is 4.80. The zero-order valence-electron chi connectivity index (χ0n) is 9.04. The predicted octanol–water partition coefficient (Wildman–Crippen LogP) is 2.41. The second-order valence-corrected chi connectivity index (χ2v) is 6.28. The summed E-state index contributed by atoms with van der Waals surface area (Å²) < 4.78 is 22.4. The molecule has 0 radical (unpaired) electrons. The maximum atomic E-state index is 11.6. The van der Waals surface area contributed by atoms with Gasteiger partial charge in [-0.1, -0.05) is 18.5 Å². The van der Waals surface area contributed by atoms with Crippen LogP contribution >= 0.6 is 22.3 Å². The van der Waals surface area contributed by atoms with Crippen molar-refractivity contribution in [1.82, 2.24) is 5.32 Å². The van der Waals surface area contributed by atoms with Crippen molar-refractivity contribution in [3.05, 3.63) is 28.8 Å². The highest BCUT2D eigenvalue weighted by Crippen LogP contribution is 2.25. The summed E-state index contributed by atoms with van der Waals surface area (Å²) in [4.78, 5) is 11.3. The number of nitrogens with one attached hydrogen (secondary N) is 1. The van der Waals surface area contributed by atoms with Crippen LogP contribution in [0.15, 0.2) is 23.1 Å². The van der Waals surface area contributed by atoms with Crippen molar-refractivity contribution in [2.75, 3.05) is 6.54 Å². The van der Waals surface area contributed by atoms with Crippen molar-refractivity contribution >= 4 is 37.2 Å². The number of rotatable bonds is 4. The quantitative estimate of drug-likeness (QED) is 0.868. The van der Waals surface area contributed by atoms with Crippen molar-refractivity contribution in [3.8, 4) is 0 Å². The molecule has 1 aromatic carbocycles. The maximum absolute atomic E-state index is 11.6. The summed E-state index contributed by atoms with van der Waals surface area (Å²) in [6, 6.07) is 3.94. The average Bonchev–Trinajstić information content (AvgIpc) is 2.25. The highest BCUT2D eigenvalue weighted by atomic mass is 35.7. The fourth-order valence-electron chi connectivity index (χ4n) is 1.17. The first-order chi connectivity index (χ1) is 7.86. The summed E-state index contributed by atoms with van der Waals surface area (Å²) in [6.07, 6.45) is 0.792. The van der Waals surface area contributed by atoms with Crippen molar-refractivity contribution in [2.24, 2.45) is 0 Å². The second kappa shape index (κ2) is 5.71. The Bertz CT molecular complexity index is 528. The monoisotopic (exact) mass is 295 g/mol. The predicted molar refractivity (Wildman–Crippen MR) is 67.1 cm³/mol. The van der Waals surface area contributed by atoms with E-state index in [9.17, 15) is 13.2 Å². The Morgan fingerprint density at radius 3 is 2.59 bits per heavy atom. The molecule has 0 fully saturated rings. The van der Waals surface area contributed by atoms with Crippen LogP contribution in [0.4, 0.5) is 0 Å². The van der Waals surface area contributed by atoms with Gasteiger partial charge in [-0.05, 0) is 24.6 Å². The van der Waals surface area contributed by atoms with E-state index < -0.39 is 9.05 Å². The van der Waals surface area contributed by atoms with E-state index in [1.165, 1.54) is 12.1 Å². The van der Waals surface area contributed by atoms with Crippen molar-refractivity contribution < 1.29 is 13.2 Å². The molecule has 7 heteroatoms. The molecule has 1 aromatic rings. The molecule has 0 aliphatic carbocycles. The molecule has 0 aliphatic rings. The normalized spacial score (nSPS) is 11.2. The van der Waals surface area contributed by atoms with Crippen LogP contribution in [0, 0.1) is 0 Å². The number of carbonyl (C=O) groups excluding carboxylic acids is 1. The Hall–Kier alpha value is -0.780. The lowest BCUT2D eigenvalue weighted by molar-refractivity contribution is 0.0953. The van der Waals surface area contributed by atoms with Crippen LogP contribution in [0.25, 0.3) is 0 Å². The molecule has 1 N–H and O–H groups in total. The Labute approximate surface area is 109 Å². The van der Waals surface area contributed by atoms with Gasteiger partial charge in [-0.15, -0.1) is 0 Å². The van der Waals surface area contributed by atoms with Crippen LogP contribution in [0.1, 0.15) is 23.7 Å². The van der Waals surface area contributed by atoms with E-state index >= 15 is 0 Å². The summed E-state index contributed by atoms with van der Waals surface area (Å²) in [6.45, 7) is 2.43. The largest absolute Gasteiger partial charge is 0.352 e. The fraction of sp³-hybridized carbons (Fsp3) is 0.300. The van der Waals surface area contributed by atoms with Gasteiger partial charge in [0.05, 0.1) is 5.02 Å². The summed E-state index contributed by atoms with van der Waals surface area (Å²) in [5.74, 6) is -0.356. The molecule has 0 saturated heterocycles. The lowest BCUT2D eigenvalue weighted by atomic mass is 10.2. The number of hydrogen-bond donors (Lipinski definition) is 1. The lowest BCUT2D eigenvalue weighted by Crippen LogP contribution is -2.24. The molecule has 1 amide bonds. The van der Waals surface area contributed by atoms with E-state index in [1.54, 1.807) is 0 Å². The molecule has 0 spiro atoms. The van der Waals surface area contributed by atoms with Crippen molar-refractivity contribution in [3.63, 3.8) is 0 Å². The van der Waals surface area contributed by atoms with Crippen LogP contribution in [-0.4, -0.2) is 20.9 Å². The third-order valence-corrected chi connectivity index (χ3v) is 3.80. The van der Waals surface area contributed by atoms with Crippen LogP contribution < -0.4 is 5.32 Å². The third-order valence-electron chi connectivity index (χ3n) is 1.99. The highest BCUT2D eigenvalue weighted by Gasteiger charge is 2.17. The minimum atomic E-state index is -3.95. The Morgan fingerprint density at radius 1 is 1.41 bits per heavy atom. The molecule has 0 heterocycles. The molecule has 0 aromatic heterocycles. The fourth-order valence-corrected chi connectivity index (χ4v) is 2.66. The van der Waals surface area contributed by atoms with Gasteiger partial charge < -0.3 is 5.32 Å². The highest BCUT2D eigenvalue weighted by molar-refractivity contribution is 8.13. The van der Waals surface area contributed by atoms with E-state index in [4.69, 9.17) is 22.3 Å². The average molecular weight is 296 g/mol. The number of hydrogen-bond acceptors (Lipinski definition) is 3. The van der Waals surface area contributed by atoms with E-state index in [-0.39, 0.29) is 21.4 Å². The van der Waals surface area contributed by atoms with Crippen LogP contribution in [0.5, 0.6) is 0 Å². The zero-order chi connectivity index (χ0) is 13.1. The molecule has 17 heavy (non-hydrogen) atoms. The Morgan fingerprint density at radius 2 is 2.06 bits per heavy atom. The number of benzene rings is 1. The van der Waals surface area contributed by atoms with E-state index in [0.717, 1.165) is 12.5 Å². The summed E-state index contributed by atoms with van der Waals surface area (Å²) >= 11 is 5.69. The number of amides is 1. The van der Waals surface area contributed by atoms with E-state index in [0.29, 0.717) is 6.54 Å². The van der Waals surface area contributed by atoms with Gasteiger partial charge in [-0.3, -0.25) is 4.79 Å². The van der Waals surface area contributed by atoms with Crippen LogP contribution in [-0.2, 0) is 9.05 Å². The first kappa shape index (κ1) is 14.3. The van der Waals surface area contributed by atoms with Crippen LogP contribution in [0.3, 0.4) is 0 Å². The van der Waals surface area contributed by atoms with Gasteiger partial charge in [0, 0.05) is 22.8 Å². The topological polar surface area (TPSA) is 63.2 Å². The molecule has 0 aliphatic heterocycles. The van der Waals surface area contributed by atoms with Gasteiger partial charge in [0.15, 0.2) is 0 Å². The molecule has 0 bridgehead atoms. The molecule has 0 unspecified atom stereocenters. The van der Waals surface area contributed by atoms with Gasteiger partial charge in [-0.25, -0.2) is 8.42 Å². The molecular formula is C10H11Cl2NO3S. The van der Waals surface area contributed by atoms with Crippen molar-refractivity contribution in [2.45, 2.75) is 18.2 Å². The van der Waals surface area contributed by atoms with Gasteiger partial charge in [0.25, 0.3) is 15.0 Å². The van der Waals surface area contributed by atoms with Gasteiger partial charge in [-0.2, -0.15) is 0 Å². The zero-order valence-corrected chi connectivity index (χ0v) is 11.4. The lowest BCUT2D eigenvalue weighted by Gasteiger charge is -2.06. The summed E-state index contributed by atoms with van der Waals surface area (Å²) in [5, 5.41) is 2.62. The molecular weight excluding hydrogens is 285 g/mol. The smallest absolute Gasteiger partial charge is 0.262 e. The molecule has 0 saturated carbocycles. The second-order valence-electron chi connectivity index (χ2n) is 3.34. The molecule has 1 rings (SSSR count). The van der Waals surface area contributed by atoms with Crippen molar-refractivity contribution in [1.29, 1.82) is 0 Å². The standard InChI is InChI=1S/C10H11Cl2NO3S/c1-2-5-13-10(14)7-3-4-8(11)9(6-7)17(12,15)16/h3-4,6H,2,5H2,1H3,(H,13,14). The maximum Gasteiger partial charge on any atom is 0.262 e. The Balaban J connectivity index is 3.09. The van der Waals surface area contributed by atoms with Gasteiger partial charge in [0.2, 0.25) is 0 Å². The number of carbonyl (C=O) groups is 1. The first-order valence-electron chi connectivity index (χ1n) is 4.88. The van der Waals surface area contributed by atoms with E-state index in [1.807, 2.05) is 6.92 Å². The SMILES string of the molecule is CCCNC(=O)c1ccc(Cl)c(S(=O)(=O)Cl)c1. The first-order valence-corrected chi connectivity index (χ1v) is 7.57. The number of halogens is 2. The summed E-state index contributed by atoms with van der Waals surface area (Å²) in [5.41, 5.74) is 0.210. The van der Waals surface area contributed by atoms with Crippen LogP contribution in [0.2, 0.25) is 5.02 Å². The van der Waals surface area contributed by atoms with Gasteiger partial charge in [0.1, 0.15) is 4.90 Å². The van der Waals surface area contributed by atoms with Gasteiger partial charge >= 0.3 is 0 Å². The third kappa shape index (κ3) is 3.87. The minimum absolute atomic E-state index is 0.00737.